The summed E-state index contributed by atoms with van der Waals surface area (Å²) in [6, 6.07) is 19.7. The molecule has 0 aliphatic carbocycles. The van der Waals surface area contributed by atoms with Crippen molar-refractivity contribution in [1.82, 2.24) is 10.2 Å². The summed E-state index contributed by atoms with van der Waals surface area (Å²) in [6.45, 7) is 6.42. The number of thioether (sulfide) groups is 1. The Kier molecular flexibility index (Phi) is 7.11. The summed E-state index contributed by atoms with van der Waals surface area (Å²) in [6.07, 6.45) is 0.562. The first kappa shape index (κ1) is 25.5. The first-order chi connectivity index (χ1) is 17.8. The normalized spacial score (nSPS) is 18.2. The number of hydrazone groups is 1. The van der Waals surface area contributed by atoms with Gasteiger partial charge in [-0.2, -0.15) is 5.10 Å². The molecule has 5 nitrogen and oxygen atoms in total. The van der Waals surface area contributed by atoms with E-state index in [1.54, 1.807) is 0 Å². The smallest absolute Gasteiger partial charge is 0.230 e. The highest BCUT2D eigenvalue weighted by Gasteiger charge is 2.50. The van der Waals surface area contributed by atoms with Crippen LogP contribution in [0.3, 0.4) is 0 Å². The Morgan fingerprint density at radius 2 is 1.68 bits per heavy atom. The predicted octanol–water partition coefficient (Wildman–Crippen LogP) is 6.64. The largest absolute Gasteiger partial charge is 0.330 e. The van der Waals surface area contributed by atoms with Crippen molar-refractivity contribution < 1.29 is 8.78 Å². The van der Waals surface area contributed by atoms with Gasteiger partial charge in [0.25, 0.3) is 0 Å². The molecule has 190 valence electrons. The molecule has 0 radical (unpaired) electrons. The number of hydrogen-bond acceptors (Lipinski definition) is 7. The predicted molar refractivity (Wildman–Crippen MR) is 148 cm³/mol. The molecule has 0 saturated heterocycles. The van der Waals surface area contributed by atoms with Gasteiger partial charge in [0, 0.05) is 5.56 Å². The fourth-order valence-corrected chi connectivity index (χ4v) is 7.17. The molecule has 3 aromatic carbocycles. The molecule has 0 spiro atoms. The van der Waals surface area contributed by atoms with E-state index in [-0.39, 0.29) is 11.5 Å². The molecule has 1 aromatic heterocycles. The second-order valence-corrected chi connectivity index (χ2v) is 11.6. The van der Waals surface area contributed by atoms with Crippen molar-refractivity contribution in [2.45, 2.75) is 38.0 Å². The van der Waals surface area contributed by atoms with E-state index < -0.39 is 16.5 Å². The van der Waals surface area contributed by atoms with Crippen molar-refractivity contribution in [2.24, 2.45) is 10.8 Å². The zero-order valence-corrected chi connectivity index (χ0v) is 22.4. The maximum Gasteiger partial charge on any atom is 0.230 e. The van der Waals surface area contributed by atoms with Crippen LogP contribution < -0.4 is 10.7 Å². The zero-order chi connectivity index (χ0) is 26.2. The highest BCUT2D eigenvalue weighted by molar-refractivity contribution is 8.15. The molecule has 4 aromatic rings. The molecule has 2 atom stereocenters. The molecule has 0 bridgehead atoms. The fraction of sp³-hybridized carbons (Fsp3) is 0.250. The average Bonchev–Trinajstić information content (AvgIpc) is 3.49. The van der Waals surface area contributed by atoms with Crippen LogP contribution in [-0.2, 0) is 4.87 Å². The lowest BCUT2D eigenvalue weighted by molar-refractivity contribution is 0.478. The van der Waals surface area contributed by atoms with Crippen LogP contribution in [0.4, 0.5) is 13.9 Å². The van der Waals surface area contributed by atoms with Crippen molar-refractivity contribution >= 4 is 33.3 Å². The minimum Gasteiger partial charge on any atom is -0.330 e. The number of hydrogen-bond donors (Lipinski definition) is 1. The number of aryl methyl sites for hydroxylation is 3. The highest BCUT2D eigenvalue weighted by Crippen LogP contribution is 2.55. The van der Waals surface area contributed by atoms with Crippen LogP contribution >= 0.6 is 23.1 Å². The summed E-state index contributed by atoms with van der Waals surface area (Å²) in [5, 5.41) is 17.1. The van der Waals surface area contributed by atoms with Gasteiger partial charge in [-0.25, -0.2) is 13.8 Å². The number of halogens is 2. The van der Waals surface area contributed by atoms with Gasteiger partial charge in [0.15, 0.2) is 0 Å². The van der Waals surface area contributed by atoms with Crippen LogP contribution in [0.15, 0.2) is 71.8 Å². The number of rotatable bonds is 7. The van der Waals surface area contributed by atoms with Gasteiger partial charge in [0.05, 0.1) is 0 Å². The van der Waals surface area contributed by atoms with Crippen LogP contribution in [0.2, 0.25) is 0 Å². The minimum absolute atomic E-state index is 0.0308. The second kappa shape index (κ2) is 10.3. The maximum absolute atomic E-state index is 15.0. The Bertz CT molecular complexity index is 1470. The van der Waals surface area contributed by atoms with E-state index in [0.29, 0.717) is 23.1 Å². The lowest BCUT2D eigenvalue weighted by Gasteiger charge is -2.39. The van der Waals surface area contributed by atoms with Crippen LogP contribution in [0.25, 0.3) is 0 Å². The van der Waals surface area contributed by atoms with E-state index in [2.05, 4.69) is 35.3 Å². The number of nitrogens with zero attached hydrogens (tertiary/aromatic N) is 4. The Balaban J connectivity index is 1.73. The number of benzene rings is 3. The Morgan fingerprint density at radius 1 is 0.946 bits per heavy atom. The number of anilines is 1. The third kappa shape index (κ3) is 4.79. The summed E-state index contributed by atoms with van der Waals surface area (Å²) >= 11 is 2.82. The molecular weight excluding hydrogens is 508 g/mol. The summed E-state index contributed by atoms with van der Waals surface area (Å²) in [4.78, 5) is -0.822. The van der Waals surface area contributed by atoms with Crippen molar-refractivity contribution in [3.05, 3.63) is 111 Å². The molecule has 2 N–H and O–H groups in total. The molecule has 2 heterocycles. The SMILES string of the molecule is Cc1nnc(N2N=C(c3cc(F)ccc3F)SC2(CC(CN)c2ccccc2C)c2ccccc2C)s1. The first-order valence-corrected chi connectivity index (χ1v) is 13.6. The van der Waals surface area contributed by atoms with Crippen LogP contribution in [0.1, 0.15) is 45.2 Å². The van der Waals surface area contributed by atoms with Crippen molar-refractivity contribution in [1.29, 1.82) is 0 Å². The van der Waals surface area contributed by atoms with E-state index in [9.17, 15) is 4.39 Å². The fourth-order valence-electron chi connectivity index (χ4n) is 4.85. The molecule has 0 fully saturated rings. The zero-order valence-electron chi connectivity index (χ0n) is 20.8. The molecule has 1 aliphatic rings. The first-order valence-electron chi connectivity index (χ1n) is 12.0. The Labute approximate surface area is 223 Å². The molecule has 2 unspecified atom stereocenters. The Hall–Kier alpha value is -3.14. The maximum atomic E-state index is 15.0. The number of nitrogens with two attached hydrogens (primary N) is 1. The topological polar surface area (TPSA) is 67.4 Å². The molecule has 1 aliphatic heterocycles. The van der Waals surface area contributed by atoms with Crippen LogP contribution in [0, 0.1) is 32.4 Å². The van der Waals surface area contributed by atoms with Gasteiger partial charge < -0.3 is 5.73 Å². The number of aromatic nitrogens is 2. The van der Waals surface area contributed by atoms with Crippen molar-refractivity contribution in [3.63, 3.8) is 0 Å². The summed E-state index contributed by atoms with van der Waals surface area (Å²) < 4.78 is 29.3. The molecular formula is C28H27F2N5S2. The molecule has 37 heavy (non-hydrogen) atoms. The van der Waals surface area contributed by atoms with Crippen molar-refractivity contribution in [3.8, 4) is 0 Å². The lowest BCUT2D eigenvalue weighted by Crippen LogP contribution is -2.40. The van der Waals surface area contributed by atoms with Gasteiger partial charge in [-0.05, 0) is 80.1 Å². The van der Waals surface area contributed by atoms with Gasteiger partial charge in [0.1, 0.15) is 26.6 Å². The van der Waals surface area contributed by atoms with Gasteiger partial charge >= 0.3 is 0 Å². The van der Waals surface area contributed by atoms with Crippen LogP contribution in [0.5, 0.6) is 0 Å². The lowest BCUT2D eigenvalue weighted by atomic mass is 9.85. The monoisotopic (exact) mass is 535 g/mol. The van der Waals surface area contributed by atoms with Gasteiger partial charge in [0.2, 0.25) is 5.13 Å². The van der Waals surface area contributed by atoms with E-state index in [0.717, 1.165) is 39.4 Å². The van der Waals surface area contributed by atoms with E-state index in [1.165, 1.54) is 29.2 Å². The highest BCUT2D eigenvalue weighted by atomic mass is 32.2. The standard InChI is InChI=1S/C28H27F2N5S2/c1-17-8-4-6-10-22(17)20(16-31)15-28(24-11-7-5-9-18(24)2)35(27-33-32-19(3)36-27)34-26(37-28)23-14-21(29)12-13-25(23)30/h4-14,20H,15-16,31H2,1-3H3. The summed E-state index contributed by atoms with van der Waals surface area (Å²) in [5.74, 6) is -1.08. The Morgan fingerprint density at radius 3 is 2.35 bits per heavy atom. The molecule has 9 heteroatoms. The third-order valence-electron chi connectivity index (χ3n) is 6.66. The molecule has 0 amide bonds. The van der Waals surface area contributed by atoms with Crippen molar-refractivity contribution in [2.75, 3.05) is 11.6 Å². The van der Waals surface area contributed by atoms with E-state index in [4.69, 9.17) is 10.8 Å². The van der Waals surface area contributed by atoms with E-state index >= 15 is 4.39 Å². The summed E-state index contributed by atoms with van der Waals surface area (Å²) in [7, 11) is 0. The molecule has 5 rings (SSSR count). The van der Waals surface area contributed by atoms with E-state index in [1.807, 2.05) is 49.2 Å². The second-order valence-electron chi connectivity index (χ2n) is 9.14. The minimum atomic E-state index is -0.822. The van der Waals surface area contributed by atoms with Crippen LogP contribution in [-0.4, -0.2) is 21.8 Å². The third-order valence-corrected chi connectivity index (χ3v) is 8.86. The van der Waals surface area contributed by atoms with Gasteiger partial charge in [-0.15, -0.1) is 10.2 Å². The van der Waals surface area contributed by atoms with Gasteiger partial charge in [-0.1, -0.05) is 71.6 Å². The average molecular weight is 536 g/mol. The molecule has 0 saturated carbocycles. The quantitative estimate of drug-likeness (QED) is 0.287. The van der Waals surface area contributed by atoms with Gasteiger partial charge in [-0.3, -0.25) is 0 Å². The summed E-state index contributed by atoms with van der Waals surface area (Å²) in [5.41, 5.74) is 10.9.